The van der Waals surface area contributed by atoms with Crippen LogP contribution in [-0.4, -0.2) is 31.4 Å². The van der Waals surface area contributed by atoms with Crippen molar-refractivity contribution in [3.63, 3.8) is 0 Å². The third-order valence-electron chi connectivity index (χ3n) is 3.24. The predicted octanol–water partition coefficient (Wildman–Crippen LogP) is 3.43. The molecule has 2 rings (SSSR count). The second-order valence-corrected chi connectivity index (χ2v) is 5.22. The van der Waals surface area contributed by atoms with Crippen LogP contribution in [0.4, 0.5) is 0 Å². The van der Waals surface area contributed by atoms with Crippen molar-refractivity contribution in [3.8, 4) is 17.2 Å². The third-order valence-corrected chi connectivity index (χ3v) is 3.48. The van der Waals surface area contributed by atoms with E-state index in [1.807, 2.05) is 0 Å². The molecular weight excluding hydrogens is 320 g/mol. The van der Waals surface area contributed by atoms with Gasteiger partial charge < -0.3 is 19.3 Å². The first-order chi connectivity index (χ1) is 11.0. The van der Waals surface area contributed by atoms with Gasteiger partial charge in [0.15, 0.2) is 6.10 Å². The van der Waals surface area contributed by atoms with E-state index in [4.69, 9.17) is 25.8 Å². The van der Waals surface area contributed by atoms with Gasteiger partial charge in [0, 0.05) is 17.0 Å². The predicted molar refractivity (Wildman–Crippen MR) is 86.8 cm³/mol. The van der Waals surface area contributed by atoms with E-state index in [-0.39, 0.29) is 6.42 Å². The van der Waals surface area contributed by atoms with E-state index in [0.717, 1.165) is 0 Å². The summed E-state index contributed by atoms with van der Waals surface area (Å²) in [6, 6.07) is 11.8. The summed E-state index contributed by atoms with van der Waals surface area (Å²) < 4.78 is 16.0. The summed E-state index contributed by atoms with van der Waals surface area (Å²) in [5.74, 6) is 0.515. The van der Waals surface area contributed by atoms with Gasteiger partial charge in [-0.3, -0.25) is 0 Å². The first kappa shape index (κ1) is 17.0. The van der Waals surface area contributed by atoms with Crippen LogP contribution >= 0.6 is 11.6 Å². The summed E-state index contributed by atoms with van der Waals surface area (Å²) in [5.41, 5.74) is 0.682. The smallest absolute Gasteiger partial charge is 0.345 e. The maximum Gasteiger partial charge on any atom is 0.345 e. The number of halogens is 1. The molecule has 23 heavy (non-hydrogen) atoms. The maximum absolute atomic E-state index is 11.5. The van der Waals surface area contributed by atoms with Gasteiger partial charge in [-0.15, -0.1) is 0 Å². The van der Waals surface area contributed by atoms with E-state index in [1.54, 1.807) is 49.6 Å². The number of benzene rings is 2. The van der Waals surface area contributed by atoms with E-state index in [2.05, 4.69) is 0 Å². The van der Waals surface area contributed by atoms with Crippen LogP contribution in [0.5, 0.6) is 17.2 Å². The molecule has 0 saturated carbocycles. The minimum Gasteiger partial charge on any atom is -0.497 e. The van der Waals surface area contributed by atoms with Crippen molar-refractivity contribution < 1.29 is 24.1 Å². The molecule has 0 heterocycles. The Labute approximate surface area is 139 Å². The Bertz CT molecular complexity index is 686. The van der Waals surface area contributed by atoms with Crippen molar-refractivity contribution >= 4 is 17.6 Å². The lowest BCUT2D eigenvalue weighted by Crippen LogP contribution is -2.29. The highest BCUT2D eigenvalue weighted by Gasteiger charge is 2.22. The monoisotopic (exact) mass is 336 g/mol. The van der Waals surface area contributed by atoms with E-state index in [9.17, 15) is 9.90 Å². The van der Waals surface area contributed by atoms with Gasteiger partial charge in [-0.05, 0) is 36.4 Å². The molecule has 0 aliphatic rings. The molecule has 6 heteroatoms. The Kier molecular flexibility index (Phi) is 5.71. The van der Waals surface area contributed by atoms with Gasteiger partial charge in [0.2, 0.25) is 0 Å². The average Bonchev–Trinajstić information content (AvgIpc) is 2.54. The minimum absolute atomic E-state index is 0.127. The summed E-state index contributed by atoms with van der Waals surface area (Å²) in [5, 5.41) is 9.90. The second kappa shape index (κ2) is 7.74. The molecule has 2 aromatic rings. The molecule has 0 aliphatic heterocycles. The first-order valence-electron chi connectivity index (χ1n) is 6.89. The van der Waals surface area contributed by atoms with Crippen molar-refractivity contribution in [1.82, 2.24) is 0 Å². The van der Waals surface area contributed by atoms with Crippen molar-refractivity contribution in [3.05, 3.63) is 53.1 Å². The molecule has 5 nitrogen and oxygen atoms in total. The molecule has 122 valence electrons. The SMILES string of the molecule is COc1ccc(OC)c(C[C@H](Oc2cccc(Cl)c2)C(=O)O)c1. The van der Waals surface area contributed by atoms with Crippen LogP contribution in [0.1, 0.15) is 5.56 Å². The lowest BCUT2D eigenvalue weighted by molar-refractivity contribution is -0.145. The van der Waals surface area contributed by atoms with Crippen molar-refractivity contribution in [1.29, 1.82) is 0 Å². The molecule has 0 aromatic heterocycles. The van der Waals surface area contributed by atoms with Crippen molar-refractivity contribution in [2.75, 3.05) is 14.2 Å². The number of methoxy groups -OCH3 is 2. The number of carboxylic acids is 1. The van der Waals surface area contributed by atoms with Crippen LogP contribution < -0.4 is 14.2 Å². The fourth-order valence-electron chi connectivity index (χ4n) is 2.13. The Morgan fingerprint density at radius 2 is 1.91 bits per heavy atom. The molecule has 1 atom stereocenters. The zero-order chi connectivity index (χ0) is 16.8. The van der Waals surface area contributed by atoms with Crippen LogP contribution in [0, 0.1) is 0 Å². The molecule has 2 aromatic carbocycles. The van der Waals surface area contributed by atoms with Crippen molar-refractivity contribution in [2.24, 2.45) is 0 Å². The number of hydrogen-bond acceptors (Lipinski definition) is 4. The largest absolute Gasteiger partial charge is 0.497 e. The number of rotatable bonds is 7. The van der Waals surface area contributed by atoms with Crippen LogP contribution in [0.25, 0.3) is 0 Å². The van der Waals surface area contributed by atoms with Crippen LogP contribution in [0.15, 0.2) is 42.5 Å². The summed E-state index contributed by atoms with van der Waals surface area (Å²) in [6.07, 6.45) is -0.947. The van der Waals surface area contributed by atoms with Gasteiger partial charge in [0.05, 0.1) is 14.2 Å². The lowest BCUT2D eigenvalue weighted by Gasteiger charge is -2.17. The number of aliphatic carboxylic acids is 1. The number of ether oxygens (including phenoxy) is 3. The third kappa shape index (κ3) is 4.53. The zero-order valence-electron chi connectivity index (χ0n) is 12.8. The number of carbonyl (C=O) groups is 1. The van der Waals surface area contributed by atoms with Gasteiger partial charge in [0.25, 0.3) is 0 Å². The van der Waals surface area contributed by atoms with E-state index in [0.29, 0.717) is 27.8 Å². The van der Waals surface area contributed by atoms with Crippen molar-refractivity contribution in [2.45, 2.75) is 12.5 Å². The summed E-state index contributed by atoms with van der Waals surface area (Å²) in [4.78, 5) is 11.5. The summed E-state index contributed by atoms with van der Waals surface area (Å²) >= 11 is 5.89. The van der Waals surface area contributed by atoms with Gasteiger partial charge >= 0.3 is 5.97 Å². The van der Waals surface area contributed by atoms with E-state index in [1.165, 1.54) is 7.11 Å². The molecular formula is C17H17ClO5. The van der Waals surface area contributed by atoms with Gasteiger partial charge in [0.1, 0.15) is 17.2 Å². The summed E-state index contributed by atoms with van der Waals surface area (Å²) in [7, 11) is 3.07. The van der Waals surface area contributed by atoms with Gasteiger partial charge in [-0.2, -0.15) is 0 Å². The second-order valence-electron chi connectivity index (χ2n) is 4.78. The minimum atomic E-state index is -1.07. The highest BCUT2D eigenvalue weighted by molar-refractivity contribution is 6.30. The topological polar surface area (TPSA) is 65.0 Å². The highest BCUT2D eigenvalue weighted by Crippen LogP contribution is 2.27. The molecule has 0 bridgehead atoms. The fourth-order valence-corrected chi connectivity index (χ4v) is 2.31. The maximum atomic E-state index is 11.5. The fraction of sp³-hybridized carbons (Fsp3) is 0.235. The van der Waals surface area contributed by atoms with E-state index < -0.39 is 12.1 Å². The number of carboxylic acid groups (broad SMARTS) is 1. The molecule has 0 fully saturated rings. The molecule has 0 unspecified atom stereocenters. The molecule has 1 N–H and O–H groups in total. The lowest BCUT2D eigenvalue weighted by atomic mass is 10.1. The highest BCUT2D eigenvalue weighted by atomic mass is 35.5. The Hall–Kier alpha value is -2.40. The van der Waals surface area contributed by atoms with Crippen LogP contribution in [0.2, 0.25) is 5.02 Å². The standard InChI is InChI=1S/C17H17ClO5/c1-21-13-6-7-15(22-2)11(8-13)9-16(17(19)20)23-14-5-3-4-12(18)10-14/h3-8,10,16H,9H2,1-2H3,(H,19,20)/t16-/m0/s1. The Balaban J connectivity index is 2.24. The summed E-state index contributed by atoms with van der Waals surface area (Å²) in [6.45, 7) is 0. The quantitative estimate of drug-likeness (QED) is 0.839. The van der Waals surface area contributed by atoms with Crippen LogP contribution in [0.3, 0.4) is 0 Å². The van der Waals surface area contributed by atoms with Gasteiger partial charge in [-0.25, -0.2) is 4.79 Å². The molecule has 0 spiro atoms. The Morgan fingerprint density at radius 1 is 1.13 bits per heavy atom. The zero-order valence-corrected chi connectivity index (χ0v) is 13.5. The average molecular weight is 337 g/mol. The number of hydrogen-bond donors (Lipinski definition) is 1. The van der Waals surface area contributed by atoms with E-state index >= 15 is 0 Å². The molecule has 0 amide bonds. The Morgan fingerprint density at radius 3 is 2.52 bits per heavy atom. The first-order valence-corrected chi connectivity index (χ1v) is 7.27. The molecule has 0 aliphatic carbocycles. The molecule has 0 radical (unpaired) electrons. The molecule has 0 saturated heterocycles. The normalized spacial score (nSPS) is 11.6. The van der Waals surface area contributed by atoms with Gasteiger partial charge in [-0.1, -0.05) is 17.7 Å². The van der Waals surface area contributed by atoms with Crippen LogP contribution in [-0.2, 0) is 11.2 Å².